The number of aromatic nitrogens is 2. The minimum absolute atomic E-state index is 0.179. The van der Waals surface area contributed by atoms with Crippen LogP contribution in [0.15, 0.2) is 63.7 Å². The molecule has 1 aliphatic heterocycles. The van der Waals surface area contributed by atoms with Crippen molar-refractivity contribution in [3.63, 3.8) is 0 Å². The molecule has 0 radical (unpaired) electrons. The highest BCUT2D eigenvalue weighted by molar-refractivity contribution is 8.13. The van der Waals surface area contributed by atoms with Crippen molar-refractivity contribution in [2.24, 2.45) is 4.99 Å². The number of hydrogen-bond acceptors (Lipinski definition) is 7. The van der Waals surface area contributed by atoms with Gasteiger partial charge in [0.1, 0.15) is 11.4 Å². The Morgan fingerprint density at radius 3 is 2.50 bits per heavy atom. The van der Waals surface area contributed by atoms with Gasteiger partial charge in [-0.3, -0.25) is 9.69 Å². The molecule has 0 N–H and O–H groups in total. The lowest BCUT2D eigenvalue weighted by Crippen LogP contribution is -2.30. The van der Waals surface area contributed by atoms with Crippen LogP contribution in [0.4, 0.5) is 5.69 Å². The molecule has 176 valence electrons. The predicted molar refractivity (Wildman–Crippen MR) is 136 cm³/mol. The molecule has 8 heteroatoms. The van der Waals surface area contributed by atoms with E-state index in [4.69, 9.17) is 9.26 Å². The average Bonchev–Trinajstić information content (AvgIpc) is 3.43. The van der Waals surface area contributed by atoms with Crippen LogP contribution in [-0.4, -0.2) is 28.3 Å². The second-order valence-corrected chi connectivity index (χ2v) is 9.52. The Morgan fingerprint density at radius 1 is 1.09 bits per heavy atom. The van der Waals surface area contributed by atoms with E-state index < -0.39 is 0 Å². The average molecular weight is 477 g/mol. The normalized spacial score (nSPS) is 15.0. The number of methoxy groups -OCH3 is 1. The molecule has 2 heterocycles. The number of thioether (sulfide) groups is 1. The van der Waals surface area contributed by atoms with Gasteiger partial charge in [-0.05, 0) is 35.3 Å². The van der Waals surface area contributed by atoms with Gasteiger partial charge in [-0.15, -0.1) is 0 Å². The molecular formula is C26H28N4O3S. The summed E-state index contributed by atoms with van der Waals surface area (Å²) in [5, 5.41) is 4.57. The van der Waals surface area contributed by atoms with E-state index in [1.54, 1.807) is 12.0 Å². The van der Waals surface area contributed by atoms with Crippen LogP contribution >= 0.6 is 11.8 Å². The third kappa shape index (κ3) is 5.22. The molecule has 4 rings (SSSR count). The van der Waals surface area contributed by atoms with E-state index in [1.807, 2.05) is 56.3 Å². The fourth-order valence-electron chi connectivity index (χ4n) is 3.39. The predicted octanol–water partition coefficient (Wildman–Crippen LogP) is 6.00. The largest absolute Gasteiger partial charge is 0.497 e. The number of aliphatic imine (C=N–C) groups is 1. The molecule has 2 aromatic carbocycles. The van der Waals surface area contributed by atoms with E-state index in [-0.39, 0.29) is 11.8 Å². The SMILES string of the molecule is COc1cccc(N2C(=O)/C(=C\c3ccc(C(C)C)cc3)N=C2SCc2nc(C(C)C)no2)c1. The highest BCUT2D eigenvalue weighted by Crippen LogP contribution is 2.32. The summed E-state index contributed by atoms with van der Waals surface area (Å²) < 4.78 is 10.7. The fourth-order valence-corrected chi connectivity index (χ4v) is 4.24. The van der Waals surface area contributed by atoms with E-state index in [0.29, 0.717) is 45.7 Å². The van der Waals surface area contributed by atoms with Crippen LogP contribution in [0.1, 0.15) is 62.4 Å². The van der Waals surface area contributed by atoms with Gasteiger partial charge in [0.15, 0.2) is 11.0 Å². The van der Waals surface area contributed by atoms with Crippen molar-refractivity contribution in [3.05, 3.63) is 77.1 Å². The van der Waals surface area contributed by atoms with Gasteiger partial charge in [0.25, 0.3) is 5.91 Å². The molecule has 0 saturated carbocycles. The van der Waals surface area contributed by atoms with E-state index in [2.05, 4.69) is 41.1 Å². The lowest BCUT2D eigenvalue weighted by atomic mass is 10.0. The number of amides is 1. The van der Waals surface area contributed by atoms with Crippen LogP contribution in [0.25, 0.3) is 6.08 Å². The van der Waals surface area contributed by atoms with E-state index >= 15 is 0 Å². The van der Waals surface area contributed by atoms with Crippen molar-refractivity contribution >= 4 is 34.6 Å². The van der Waals surface area contributed by atoms with Gasteiger partial charge in [0, 0.05) is 12.0 Å². The summed E-state index contributed by atoms with van der Waals surface area (Å²) in [5.41, 5.74) is 3.23. The van der Waals surface area contributed by atoms with Crippen LogP contribution in [0, 0.1) is 0 Å². The molecule has 0 saturated heterocycles. The van der Waals surface area contributed by atoms with Gasteiger partial charge in [0.05, 0.1) is 18.6 Å². The Bertz CT molecular complexity index is 1230. The molecule has 34 heavy (non-hydrogen) atoms. The molecule has 1 amide bonds. The highest BCUT2D eigenvalue weighted by atomic mass is 32.2. The number of carbonyl (C=O) groups excluding carboxylic acids is 1. The van der Waals surface area contributed by atoms with Crippen molar-refractivity contribution in [2.45, 2.75) is 45.3 Å². The molecule has 0 unspecified atom stereocenters. The van der Waals surface area contributed by atoms with Gasteiger partial charge >= 0.3 is 0 Å². The van der Waals surface area contributed by atoms with Gasteiger partial charge < -0.3 is 9.26 Å². The first kappa shape index (κ1) is 23.8. The molecule has 1 aromatic heterocycles. The molecule has 3 aromatic rings. The Labute approximate surface area is 203 Å². The summed E-state index contributed by atoms with van der Waals surface area (Å²) in [4.78, 5) is 24.1. The smallest absolute Gasteiger partial charge is 0.283 e. The van der Waals surface area contributed by atoms with Crippen LogP contribution in [0.5, 0.6) is 5.75 Å². The Kier molecular flexibility index (Phi) is 7.17. The Hall–Kier alpha value is -3.39. The summed E-state index contributed by atoms with van der Waals surface area (Å²) in [6.45, 7) is 8.33. The maximum absolute atomic E-state index is 13.4. The van der Waals surface area contributed by atoms with Gasteiger partial charge in [0.2, 0.25) is 5.89 Å². The maximum Gasteiger partial charge on any atom is 0.283 e. The van der Waals surface area contributed by atoms with Gasteiger partial charge in [-0.25, -0.2) is 4.99 Å². The summed E-state index contributed by atoms with van der Waals surface area (Å²) >= 11 is 1.38. The minimum Gasteiger partial charge on any atom is -0.497 e. The number of amidine groups is 1. The number of carbonyl (C=O) groups is 1. The van der Waals surface area contributed by atoms with E-state index in [9.17, 15) is 4.79 Å². The van der Waals surface area contributed by atoms with E-state index in [0.717, 1.165) is 5.56 Å². The van der Waals surface area contributed by atoms with Crippen molar-refractivity contribution in [3.8, 4) is 5.75 Å². The van der Waals surface area contributed by atoms with Gasteiger partial charge in [-0.2, -0.15) is 4.98 Å². The number of hydrogen-bond donors (Lipinski definition) is 0. The summed E-state index contributed by atoms with van der Waals surface area (Å²) in [6.07, 6.45) is 1.82. The molecule has 0 fully saturated rings. The molecule has 0 spiro atoms. The van der Waals surface area contributed by atoms with Crippen molar-refractivity contribution in [1.29, 1.82) is 0 Å². The summed E-state index contributed by atoms with van der Waals surface area (Å²) in [5.74, 6) is 2.65. The molecule has 1 aliphatic rings. The minimum atomic E-state index is -0.197. The van der Waals surface area contributed by atoms with Crippen LogP contribution < -0.4 is 9.64 Å². The molecule has 0 aliphatic carbocycles. The first-order chi connectivity index (χ1) is 16.4. The standard InChI is InChI=1S/C26H28N4O3S/c1-16(2)19-11-9-18(10-12-19)13-22-25(31)30(20-7-6-8-21(14-20)32-5)26(27-22)34-15-23-28-24(17(3)4)29-33-23/h6-14,16-17H,15H2,1-5H3/b22-13+. The van der Waals surface area contributed by atoms with Crippen LogP contribution in [0.2, 0.25) is 0 Å². The zero-order valence-electron chi connectivity index (χ0n) is 20.0. The lowest BCUT2D eigenvalue weighted by molar-refractivity contribution is -0.113. The maximum atomic E-state index is 13.4. The van der Waals surface area contributed by atoms with E-state index in [1.165, 1.54) is 17.3 Å². The number of anilines is 1. The third-order valence-corrected chi connectivity index (χ3v) is 6.30. The second kappa shape index (κ2) is 10.3. The number of ether oxygens (including phenoxy) is 1. The Balaban J connectivity index is 1.64. The third-order valence-electron chi connectivity index (χ3n) is 5.37. The Morgan fingerprint density at radius 2 is 1.85 bits per heavy atom. The topological polar surface area (TPSA) is 80.8 Å². The quantitative estimate of drug-likeness (QED) is 0.389. The fraction of sp³-hybridized carbons (Fsp3) is 0.308. The van der Waals surface area contributed by atoms with Crippen LogP contribution in [-0.2, 0) is 10.5 Å². The number of nitrogens with zero attached hydrogens (tertiary/aromatic N) is 4. The zero-order chi connectivity index (χ0) is 24.2. The zero-order valence-corrected chi connectivity index (χ0v) is 20.8. The van der Waals surface area contributed by atoms with Gasteiger partial charge in [-0.1, -0.05) is 74.9 Å². The van der Waals surface area contributed by atoms with Crippen molar-refractivity contribution in [1.82, 2.24) is 10.1 Å². The van der Waals surface area contributed by atoms with Crippen LogP contribution in [0.3, 0.4) is 0 Å². The first-order valence-corrected chi connectivity index (χ1v) is 12.2. The van der Waals surface area contributed by atoms with Crippen molar-refractivity contribution < 1.29 is 14.1 Å². The summed E-state index contributed by atoms with van der Waals surface area (Å²) in [7, 11) is 1.60. The number of benzene rings is 2. The molecular weight excluding hydrogens is 448 g/mol. The first-order valence-electron chi connectivity index (χ1n) is 11.2. The molecule has 7 nitrogen and oxygen atoms in total. The second-order valence-electron chi connectivity index (χ2n) is 8.58. The monoisotopic (exact) mass is 476 g/mol. The molecule has 0 bridgehead atoms. The number of rotatable bonds is 7. The summed E-state index contributed by atoms with van der Waals surface area (Å²) in [6, 6.07) is 15.6. The molecule has 0 atom stereocenters. The highest BCUT2D eigenvalue weighted by Gasteiger charge is 2.32. The van der Waals surface area contributed by atoms with Crippen molar-refractivity contribution in [2.75, 3.05) is 12.0 Å². The lowest BCUT2D eigenvalue weighted by Gasteiger charge is -2.18.